The second kappa shape index (κ2) is 8.75. The number of hydrogen-bond acceptors (Lipinski definition) is 1. The summed E-state index contributed by atoms with van der Waals surface area (Å²) in [7, 11) is 0. The van der Waals surface area contributed by atoms with Crippen molar-refractivity contribution in [1.29, 1.82) is 0 Å². The zero-order chi connectivity index (χ0) is 11.7. The normalized spacial score (nSPS) is 13.1. The maximum Gasteiger partial charge on any atom is 0.303 e. The quantitative estimate of drug-likeness (QED) is 0.587. The van der Waals surface area contributed by atoms with Gasteiger partial charge in [-0.05, 0) is 18.3 Å². The molecule has 2 nitrogen and oxygen atoms in total. The largest absolute Gasteiger partial charge is 0.481 e. The van der Waals surface area contributed by atoms with Crippen LogP contribution < -0.4 is 0 Å². The molecule has 0 bridgehead atoms. The molecule has 90 valence electrons. The Balaban J connectivity index is 3.15. The van der Waals surface area contributed by atoms with Gasteiger partial charge in [0, 0.05) is 6.42 Å². The van der Waals surface area contributed by atoms with E-state index < -0.39 is 5.97 Å². The summed E-state index contributed by atoms with van der Waals surface area (Å²) in [4.78, 5) is 10.3. The van der Waals surface area contributed by atoms with Crippen molar-refractivity contribution in [3.63, 3.8) is 0 Å². The van der Waals surface area contributed by atoms with Crippen molar-refractivity contribution in [3.8, 4) is 0 Å². The molecule has 0 radical (unpaired) electrons. The van der Waals surface area contributed by atoms with Gasteiger partial charge < -0.3 is 5.11 Å². The zero-order valence-corrected chi connectivity index (χ0v) is 10.5. The number of carboxylic acids is 1. The molecule has 0 aliphatic heterocycles. The predicted molar refractivity (Wildman–Crippen MR) is 64.0 cm³/mol. The first-order valence-corrected chi connectivity index (χ1v) is 6.25. The Kier molecular flexibility index (Phi) is 8.44. The highest BCUT2D eigenvalue weighted by molar-refractivity contribution is 5.66. The van der Waals surface area contributed by atoms with Gasteiger partial charge in [-0.15, -0.1) is 0 Å². The van der Waals surface area contributed by atoms with Gasteiger partial charge in [0.15, 0.2) is 0 Å². The molecular weight excluding hydrogens is 188 g/mol. The molecule has 0 spiro atoms. The summed E-state index contributed by atoms with van der Waals surface area (Å²) in [6.07, 6.45) is 7.32. The van der Waals surface area contributed by atoms with Crippen molar-refractivity contribution in [1.82, 2.24) is 0 Å². The monoisotopic (exact) mass is 214 g/mol. The first kappa shape index (κ1) is 14.5. The SMILES string of the molecule is CC(C)C(C)CCCCCCCC(=O)O. The molecule has 0 aliphatic carbocycles. The van der Waals surface area contributed by atoms with E-state index in [0.717, 1.165) is 24.7 Å². The molecule has 0 heterocycles. The molecule has 0 aromatic carbocycles. The number of hydrogen-bond donors (Lipinski definition) is 1. The first-order chi connectivity index (χ1) is 7.04. The van der Waals surface area contributed by atoms with E-state index in [1.165, 1.54) is 25.7 Å². The van der Waals surface area contributed by atoms with Crippen molar-refractivity contribution in [2.24, 2.45) is 11.8 Å². The van der Waals surface area contributed by atoms with Crippen molar-refractivity contribution in [2.45, 2.75) is 65.7 Å². The number of rotatable bonds is 9. The van der Waals surface area contributed by atoms with E-state index in [9.17, 15) is 4.79 Å². The number of carboxylic acid groups (broad SMARTS) is 1. The molecule has 0 aromatic heterocycles. The van der Waals surface area contributed by atoms with Gasteiger partial charge in [-0.25, -0.2) is 0 Å². The average molecular weight is 214 g/mol. The summed E-state index contributed by atoms with van der Waals surface area (Å²) < 4.78 is 0. The third kappa shape index (κ3) is 9.77. The summed E-state index contributed by atoms with van der Waals surface area (Å²) in [6.45, 7) is 6.87. The van der Waals surface area contributed by atoms with Crippen LogP contribution in [0.15, 0.2) is 0 Å². The van der Waals surface area contributed by atoms with E-state index in [2.05, 4.69) is 20.8 Å². The predicted octanol–water partition coefficient (Wildman–Crippen LogP) is 4.09. The van der Waals surface area contributed by atoms with Gasteiger partial charge in [-0.1, -0.05) is 52.9 Å². The zero-order valence-electron chi connectivity index (χ0n) is 10.5. The van der Waals surface area contributed by atoms with Gasteiger partial charge in [0.1, 0.15) is 0 Å². The second-order valence-electron chi connectivity index (χ2n) is 4.92. The Morgan fingerprint density at radius 3 is 2.07 bits per heavy atom. The van der Waals surface area contributed by atoms with Crippen molar-refractivity contribution in [3.05, 3.63) is 0 Å². The summed E-state index contributed by atoms with van der Waals surface area (Å²) in [5.41, 5.74) is 0. The number of aliphatic carboxylic acids is 1. The van der Waals surface area contributed by atoms with Gasteiger partial charge in [-0.2, -0.15) is 0 Å². The van der Waals surface area contributed by atoms with E-state index in [-0.39, 0.29) is 0 Å². The molecule has 0 rings (SSSR count). The topological polar surface area (TPSA) is 37.3 Å². The Morgan fingerprint density at radius 2 is 1.53 bits per heavy atom. The van der Waals surface area contributed by atoms with Gasteiger partial charge in [0.25, 0.3) is 0 Å². The molecule has 0 saturated heterocycles. The van der Waals surface area contributed by atoms with E-state index >= 15 is 0 Å². The van der Waals surface area contributed by atoms with E-state index in [0.29, 0.717) is 6.42 Å². The van der Waals surface area contributed by atoms with Crippen LogP contribution in [0.4, 0.5) is 0 Å². The summed E-state index contributed by atoms with van der Waals surface area (Å²) >= 11 is 0. The van der Waals surface area contributed by atoms with Gasteiger partial charge in [-0.3, -0.25) is 4.79 Å². The fourth-order valence-corrected chi connectivity index (χ4v) is 1.61. The summed E-state index contributed by atoms with van der Waals surface area (Å²) in [5.74, 6) is 0.949. The molecule has 1 atom stereocenters. The lowest BCUT2D eigenvalue weighted by Crippen LogP contribution is -2.03. The lowest BCUT2D eigenvalue weighted by Gasteiger charge is -2.14. The third-order valence-electron chi connectivity index (χ3n) is 3.19. The molecule has 0 fully saturated rings. The van der Waals surface area contributed by atoms with Crippen LogP contribution in [0.25, 0.3) is 0 Å². The Bertz CT molecular complexity index is 164. The standard InChI is InChI=1S/C13H26O2/c1-11(2)12(3)9-7-5-4-6-8-10-13(14)15/h11-12H,4-10H2,1-3H3,(H,14,15). The van der Waals surface area contributed by atoms with E-state index in [1.807, 2.05) is 0 Å². The highest BCUT2D eigenvalue weighted by Crippen LogP contribution is 2.18. The highest BCUT2D eigenvalue weighted by atomic mass is 16.4. The number of unbranched alkanes of at least 4 members (excludes halogenated alkanes) is 4. The third-order valence-corrected chi connectivity index (χ3v) is 3.19. The minimum atomic E-state index is -0.663. The number of carbonyl (C=O) groups is 1. The maximum absolute atomic E-state index is 10.3. The van der Waals surface area contributed by atoms with E-state index in [4.69, 9.17) is 5.11 Å². The molecule has 0 amide bonds. The van der Waals surface area contributed by atoms with E-state index in [1.54, 1.807) is 0 Å². The van der Waals surface area contributed by atoms with Crippen LogP contribution in [0.5, 0.6) is 0 Å². The van der Waals surface area contributed by atoms with Crippen LogP contribution in [-0.4, -0.2) is 11.1 Å². The Morgan fingerprint density at radius 1 is 1.00 bits per heavy atom. The fraction of sp³-hybridized carbons (Fsp3) is 0.923. The minimum Gasteiger partial charge on any atom is -0.481 e. The lowest BCUT2D eigenvalue weighted by molar-refractivity contribution is -0.137. The van der Waals surface area contributed by atoms with Crippen LogP contribution in [0, 0.1) is 11.8 Å². The summed E-state index contributed by atoms with van der Waals surface area (Å²) in [5, 5.41) is 8.45. The molecule has 2 heteroatoms. The van der Waals surface area contributed by atoms with Crippen molar-refractivity contribution < 1.29 is 9.90 Å². The average Bonchev–Trinajstić information content (AvgIpc) is 2.15. The highest BCUT2D eigenvalue weighted by Gasteiger charge is 2.05. The van der Waals surface area contributed by atoms with Crippen LogP contribution in [0.2, 0.25) is 0 Å². The fourth-order valence-electron chi connectivity index (χ4n) is 1.61. The van der Waals surface area contributed by atoms with Gasteiger partial charge in [0.2, 0.25) is 0 Å². The molecule has 1 unspecified atom stereocenters. The molecule has 1 N–H and O–H groups in total. The second-order valence-corrected chi connectivity index (χ2v) is 4.92. The molecule has 0 aliphatic rings. The molecule has 15 heavy (non-hydrogen) atoms. The van der Waals surface area contributed by atoms with Crippen molar-refractivity contribution in [2.75, 3.05) is 0 Å². The molecule has 0 aromatic rings. The van der Waals surface area contributed by atoms with Crippen LogP contribution in [0.1, 0.15) is 65.7 Å². The smallest absolute Gasteiger partial charge is 0.303 e. The first-order valence-electron chi connectivity index (χ1n) is 6.25. The Hall–Kier alpha value is -0.530. The van der Waals surface area contributed by atoms with Crippen LogP contribution >= 0.6 is 0 Å². The van der Waals surface area contributed by atoms with Crippen LogP contribution in [-0.2, 0) is 4.79 Å². The van der Waals surface area contributed by atoms with Crippen LogP contribution in [0.3, 0.4) is 0 Å². The Labute approximate surface area is 94.1 Å². The summed E-state index contributed by atoms with van der Waals surface area (Å²) in [6, 6.07) is 0. The molecular formula is C13H26O2. The van der Waals surface area contributed by atoms with Gasteiger partial charge >= 0.3 is 5.97 Å². The van der Waals surface area contributed by atoms with Gasteiger partial charge in [0.05, 0.1) is 0 Å². The lowest BCUT2D eigenvalue weighted by atomic mass is 9.92. The van der Waals surface area contributed by atoms with Crippen molar-refractivity contribution >= 4 is 5.97 Å². The molecule has 0 saturated carbocycles. The maximum atomic E-state index is 10.3. The minimum absolute atomic E-state index is 0.336.